The maximum absolute atomic E-state index is 12.3. The lowest BCUT2D eigenvalue weighted by Gasteiger charge is -2.12. The molecule has 2 aromatic carbocycles. The summed E-state index contributed by atoms with van der Waals surface area (Å²) in [5.74, 6) is -0.133. The molecule has 0 aliphatic carbocycles. The van der Waals surface area contributed by atoms with Crippen LogP contribution in [0.25, 0.3) is 0 Å². The fourth-order valence-electron chi connectivity index (χ4n) is 2.35. The van der Waals surface area contributed by atoms with Crippen LogP contribution in [0.1, 0.15) is 5.56 Å². The number of hydrogen-bond donors (Lipinski definition) is 2. The van der Waals surface area contributed by atoms with Crippen LogP contribution in [-0.4, -0.2) is 48.7 Å². The quantitative estimate of drug-likeness (QED) is 0.492. The van der Waals surface area contributed by atoms with E-state index in [9.17, 15) is 13.2 Å². The number of aryl methyl sites for hydroxylation is 1. The number of nitrogens with zero attached hydrogens (tertiary/aromatic N) is 3. The summed E-state index contributed by atoms with van der Waals surface area (Å²) in [5.41, 5.74) is 2.51. The summed E-state index contributed by atoms with van der Waals surface area (Å²) in [5, 5.41) is 14.7. The molecule has 8 nitrogen and oxygen atoms in total. The van der Waals surface area contributed by atoms with E-state index in [-0.39, 0.29) is 16.6 Å². The summed E-state index contributed by atoms with van der Waals surface area (Å²) >= 11 is 2.62. The Morgan fingerprint density at radius 1 is 1.10 bits per heavy atom. The smallest absolute Gasteiger partial charge is 0.242 e. The topological polar surface area (TPSA) is 104 Å². The van der Waals surface area contributed by atoms with Crippen LogP contribution < -0.4 is 10.6 Å². The van der Waals surface area contributed by atoms with Gasteiger partial charge in [-0.3, -0.25) is 4.79 Å². The average Bonchev–Trinajstić information content (AvgIpc) is 3.15. The van der Waals surface area contributed by atoms with Gasteiger partial charge in [-0.2, -0.15) is 0 Å². The van der Waals surface area contributed by atoms with Gasteiger partial charge in [0, 0.05) is 25.5 Å². The Labute approximate surface area is 183 Å². The van der Waals surface area contributed by atoms with E-state index in [4.69, 9.17) is 0 Å². The van der Waals surface area contributed by atoms with E-state index < -0.39 is 10.0 Å². The highest BCUT2D eigenvalue weighted by Gasteiger charge is 2.17. The average molecular weight is 464 g/mol. The minimum atomic E-state index is -3.56. The summed E-state index contributed by atoms with van der Waals surface area (Å²) in [6, 6.07) is 14.1. The first-order valence-electron chi connectivity index (χ1n) is 8.86. The molecule has 0 atom stereocenters. The second-order valence-electron chi connectivity index (χ2n) is 6.52. The molecule has 0 aliphatic heterocycles. The van der Waals surface area contributed by atoms with E-state index in [2.05, 4.69) is 20.8 Å². The number of carbonyl (C=O) groups excluding carboxylic acids is 1. The maximum Gasteiger partial charge on any atom is 0.242 e. The number of benzene rings is 2. The van der Waals surface area contributed by atoms with Crippen molar-refractivity contribution in [1.82, 2.24) is 14.5 Å². The number of hydrogen-bond acceptors (Lipinski definition) is 8. The standard InChI is InChI=1S/C19H21N5O3S3/c1-13-7-9-14(10-8-13)21-18-22-23-19(29-18)28-12-17(25)20-15-5-4-6-16(11-15)30(26,27)24(2)3/h4-11H,12H2,1-3H3,(H,20,25)(H,21,22). The third-order valence-electron chi connectivity index (χ3n) is 3.93. The second kappa shape index (κ2) is 9.56. The minimum absolute atomic E-state index is 0.119. The molecule has 0 radical (unpaired) electrons. The van der Waals surface area contributed by atoms with Crippen LogP contribution in [-0.2, 0) is 14.8 Å². The predicted octanol–water partition coefficient (Wildman–Crippen LogP) is 3.57. The number of rotatable bonds is 8. The molecule has 0 fully saturated rings. The van der Waals surface area contributed by atoms with Crippen molar-refractivity contribution in [3.05, 3.63) is 54.1 Å². The van der Waals surface area contributed by atoms with E-state index in [0.29, 0.717) is 15.2 Å². The van der Waals surface area contributed by atoms with Crippen LogP contribution in [0.5, 0.6) is 0 Å². The van der Waals surface area contributed by atoms with Gasteiger partial charge in [0.2, 0.25) is 21.1 Å². The molecule has 0 bridgehead atoms. The van der Waals surface area contributed by atoms with Crippen LogP contribution in [0.15, 0.2) is 57.8 Å². The third-order valence-corrected chi connectivity index (χ3v) is 7.72. The first kappa shape index (κ1) is 22.2. The van der Waals surface area contributed by atoms with Gasteiger partial charge < -0.3 is 10.6 Å². The Kier molecular flexibility index (Phi) is 7.08. The van der Waals surface area contributed by atoms with E-state index in [1.807, 2.05) is 31.2 Å². The minimum Gasteiger partial charge on any atom is -0.330 e. The first-order valence-corrected chi connectivity index (χ1v) is 12.1. The lowest BCUT2D eigenvalue weighted by Crippen LogP contribution is -2.22. The fourth-order valence-corrected chi connectivity index (χ4v) is 4.87. The molecule has 0 aliphatic rings. The van der Waals surface area contributed by atoms with Crippen molar-refractivity contribution in [3.63, 3.8) is 0 Å². The van der Waals surface area contributed by atoms with Crippen LogP contribution in [0.4, 0.5) is 16.5 Å². The Balaban J connectivity index is 1.55. The number of nitrogens with one attached hydrogen (secondary N) is 2. The Morgan fingerprint density at radius 2 is 1.83 bits per heavy atom. The van der Waals surface area contributed by atoms with Crippen LogP contribution in [0.2, 0.25) is 0 Å². The van der Waals surface area contributed by atoms with Crippen molar-refractivity contribution in [2.75, 3.05) is 30.5 Å². The SMILES string of the molecule is Cc1ccc(Nc2nnc(SCC(=O)Nc3cccc(S(=O)(=O)N(C)C)c3)s2)cc1. The third kappa shape index (κ3) is 5.79. The molecular formula is C19H21N5O3S3. The van der Waals surface area contributed by atoms with Crippen LogP contribution in [0, 0.1) is 6.92 Å². The van der Waals surface area contributed by atoms with E-state index in [0.717, 1.165) is 9.99 Å². The maximum atomic E-state index is 12.3. The molecular weight excluding hydrogens is 442 g/mol. The Hall–Kier alpha value is -2.47. The summed E-state index contributed by atoms with van der Waals surface area (Å²) < 4.78 is 26.2. The van der Waals surface area contributed by atoms with Gasteiger partial charge in [-0.05, 0) is 37.3 Å². The van der Waals surface area contributed by atoms with E-state index in [1.165, 1.54) is 54.9 Å². The molecule has 158 valence electrons. The monoisotopic (exact) mass is 463 g/mol. The number of carbonyl (C=O) groups is 1. The van der Waals surface area contributed by atoms with Gasteiger partial charge in [-0.25, -0.2) is 12.7 Å². The zero-order valence-electron chi connectivity index (χ0n) is 16.6. The molecule has 1 aromatic heterocycles. The molecule has 3 rings (SSSR count). The molecule has 0 spiro atoms. The van der Waals surface area contributed by atoms with Gasteiger partial charge >= 0.3 is 0 Å². The van der Waals surface area contributed by atoms with Crippen molar-refractivity contribution in [2.24, 2.45) is 0 Å². The number of amides is 1. The van der Waals surface area contributed by atoms with Crippen molar-refractivity contribution in [1.29, 1.82) is 0 Å². The zero-order chi connectivity index (χ0) is 21.7. The van der Waals surface area contributed by atoms with Gasteiger partial charge in [-0.15, -0.1) is 10.2 Å². The van der Waals surface area contributed by atoms with Crippen LogP contribution in [0.3, 0.4) is 0 Å². The van der Waals surface area contributed by atoms with Crippen molar-refractivity contribution < 1.29 is 13.2 Å². The molecule has 0 saturated carbocycles. The molecule has 30 heavy (non-hydrogen) atoms. The highest BCUT2D eigenvalue weighted by Crippen LogP contribution is 2.28. The van der Waals surface area contributed by atoms with Gasteiger partial charge in [0.05, 0.1) is 10.6 Å². The largest absolute Gasteiger partial charge is 0.330 e. The van der Waals surface area contributed by atoms with E-state index in [1.54, 1.807) is 12.1 Å². The van der Waals surface area contributed by atoms with Crippen molar-refractivity contribution in [2.45, 2.75) is 16.2 Å². The highest BCUT2D eigenvalue weighted by atomic mass is 32.2. The first-order chi connectivity index (χ1) is 14.2. The van der Waals surface area contributed by atoms with E-state index >= 15 is 0 Å². The summed E-state index contributed by atoms with van der Waals surface area (Å²) in [6.45, 7) is 2.02. The highest BCUT2D eigenvalue weighted by molar-refractivity contribution is 8.01. The van der Waals surface area contributed by atoms with Gasteiger partial charge in [0.15, 0.2) is 4.34 Å². The van der Waals surface area contributed by atoms with Gasteiger partial charge in [-0.1, -0.05) is 46.9 Å². The number of sulfonamides is 1. The fraction of sp³-hybridized carbons (Fsp3) is 0.211. The lowest BCUT2D eigenvalue weighted by molar-refractivity contribution is -0.113. The molecule has 1 heterocycles. The van der Waals surface area contributed by atoms with Gasteiger partial charge in [0.25, 0.3) is 0 Å². The summed E-state index contributed by atoms with van der Waals surface area (Å²) in [4.78, 5) is 12.4. The number of thioether (sulfide) groups is 1. The molecule has 1 amide bonds. The molecule has 0 unspecified atom stereocenters. The van der Waals surface area contributed by atoms with Crippen molar-refractivity contribution >= 4 is 55.5 Å². The zero-order valence-corrected chi connectivity index (χ0v) is 19.1. The molecule has 0 saturated heterocycles. The second-order valence-corrected chi connectivity index (χ2v) is 10.9. The van der Waals surface area contributed by atoms with Crippen LogP contribution >= 0.6 is 23.1 Å². The Morgan fingerprint density at radius 3 is 2.53 bits per heavy atom. The van der Waals surface area contributed by atoms with Crippen molar-refractivity contribution in [3.8, 4) is 0 Å². The molecule has 3 aromatic rings. The number of aromatic nitrogens is 2. The molecule has 11 heteroatoms. The predicted molar refractivity (Wildman–Crippen MR) is 121 cm³/mol. The van der Waals surface area contributed by atoms with Gasteiger partial charge in [0.1, 0.15) is 0 Å². The summed E-state index contributed by atoms with van der Waals surface area (Å²) in [7, 11) is -0.644. The molecule has 2 N–H and O–H groups in total. The summed E-state index contributed by atoms with van der Waals surface area (Å²) in [6.07, 6.45) is 0. The Bertz CT molecular complexity index is 1130. The normalized spacial score (nSPS) is 11.5. The number of anilines is 3. The lowest BCUT2D eigenvalue weighted by atomic mass is 10.2.